The van der Waals surface area contributed by atoms with Gasteiger partial charge >= 0.3 is 7.12 Å². The molecular weight excluding hydrogens is 250 g/mol. The molecule has 4 nitrogen and oxygen atoms in total. The van der Waals surface area contributed by atoms with Gasteiger partial charge in [0.15, 0.2) is 0 Å². The Hall–Kier alpha value is -1.09. The number of hydrogen-bond donors (Lipinski definition) is 0. The van der Waals surface area contributed by atoms with Crippen LogP contribution in [0.15, 0.2) is 12.3 Å². The summed E-state index contributed by atoms with van der Waals surface area (Å²) in [6, 6.07) is 3.69. The van der Waals surface area contributed by atoms with Crippen LogP contribution in [-0.2, 0) is 9.31 Å². The lowest BCUT2D eigenvalue weighted by Crippen LogP contribution is -2.41. The van der Waals surface area contributed by atoms with Crippen molar-refractivity contribution >= 4 is 24.2 Å². The fourth-order valence-electron chi connectivity index (χ4n) is 1.70. The Morgan fingerprint density at radius 2 is 1.83 bits per heavy atom. The topological polar surface area (TPSA) is 55.1 Å². The van der Waals surface area contributed by atoms with E-state index in [1.165, 1.54) is 6.20 Å². The highest BCUT2D eigenvalue weighted by Gasteiger charge is 2.52. The highest BCUT2D eigenvalue weighted by atomic mass is 35.5. The molecule has 0 N–H and O–H groups in total. The van der Waals surface area contributed by atoms with Gasteiger partial charge in [0.1, 0.15) is 11.8 Å². The molecule has 0 spiro atoms. The van der Waals surface area contributed by atoms with Gasteiger partial charge in [0, 0.05) is 11.7 Å². The maximum Gasteiger partial charge on any atom is 0.497 e. The Kier molecular flexibility index (Phi) is 3.14. The van der Waals surface area contributed by atoms with Crippen LogP contribution in [-0.4, -0.2) is 23.3 Å². The first-order valence-corrected chi connectivity index (χ1v) is 6.06. The fourth-order valence-corrected chi connectivity index (χ4v) is 1.86. The van der Waals surface area contributed by atoms with E-state index in [4.69, 9.17) is 26.2 Å². The Bertz CT molecular complexity index is 509. The molecule has 6 heteroatoms. The monoisotopic (exact) mass is 264 g/mol. The number of aromatic nitrogens is 1. The summed E-state index contributed by atoms with van der Waals surface area (Å²) in [4.78, 5) is 3.98. The van der Waals surface area contributed by atoms with Crippen LogP contribution in [0.5, 0.6) is 0 Å². The third kappa shape index (κ3) is 2.12. The predicted molar refractivity (Wildman–Crippen MR) is 69.7 cm³/mol. The molecule has 18 heavy (non-hydrogen) atoms. The van der Waals surface area contributed by atoms with Gasteiger partial charge in [-0.1, -0.05) is 11.6 Å². The van der Waals surface area contributed by atoms with Gasteiger partial charge < -0.3 is 9.31 Å². The van der Waals surface area contributed by atoms with Crippen molar-refractivity contribution in [1.29, 1.82) is 5.26 Å². The molecule has 94 valence electrons. The minimum atomic E-state index is -0.615. The zero-order chi connectivity index (χ0) is 13.6. The first kappa shape index (κ1) is 13.3. The molecule has 0 aliphatic carbocycles. The van der Waals surface area contributed by atoms with Gasteiger partial charge in [-0.2, -0.15) is 5.26 Å². The fraction of sp³-hybridized carbons (Fsp3) is 0.500. The van der Waals surface area contributed by atoms with Crippen LogP contribution in [0.1, 0.15) is 33.4 Å². The number of nitrogens with zero attached hydrogens (tertiary/aromatic N) is 2. The van der Waals surface area contributed by atoms with Crippen LogP contribution in [0.25, 0.3) is 0 Å². The molecule has 1 saturated heterocycles. The lowest BCUT2D eigenvalue weighted by Gasteiger charge is -2.32. The summed E-state index contributed by atoms with van der Waals surface area (Å²) in [5.74, 6) is 0. The maximum atomic E-state index is 9.06. The van der Waals surface area contributed by atoms with E-state index in [9.17, 15) is 0 Å². The molecular formula is C12H14BClN2O2. The molecule has 0 amide bonds. The number of hydrogen-bond acceptors (Lipinski definition) is 4. The third-order valence-electron chi connectivity index (χ3n) is 3.50. The summed E-state index contributed by atoms with van der Waals surface area (Å²) in [7, 11) is -0.615. The van der Waals surface area contributed by atoms with Crippen molar-refractivity contribution in [1.82, 2.24) is 4.98 Å². The number of rotatable bonds is 1. The van der Waals surface area contributed by atoms with E-state index < -0.39 is 18.3 Å². The second-order valence-electron chi connectivity index (χ2n) is 5.29. The van der Waals surface area contributed by atoms with Gasteiger partial charge in [-0.05, 0) is 33.8 Å². The normalized spacial score (nSPS) is 20.8. The largest absolute Gasteiger partial charge is 0.497 e. The summed E-state index contributed by atoms with van der Waals surface area (Å²) in [6.45, 7) is 7.82. The molecule has 2 rings (SSSR count). The molecule has 2 heterocycles. The van der Waals surface area contributed by atoms with Gasteiger partial charge in [-0.3, -0.25) is 0 Å². The number of nitriles is 1. The van der Waals surface area contributed by atoms with Gasteiger partial charge in [-0.15, -0.1) is 0 Å². The lowest BCUT2D eigenvalue weighted by atomic mass is 9.78. The Balaban J connectivity index is 2.41. The molecule has 1 aliphatic rings. The molecule has 0 aromatic carbocycles. The van der Waals surface area contributed by atoms with Gasteiger partial charge in [0.2, 0.25) is 0 Å². The Morgan fingerprint density at radius 1 is 1.28 bits per heavy atom. The second kappa shape index (κ2) is 4.23. The molecule has 0 unspecified atom stereocenters. The minimum Gasteiger partial charge on any atom is -0.399 e. The minimum absolute atomic E-state index is 0.276. The van der Waals surface area contributed by atoms with Gasteiger partial charge in [0.05, 0.1) is 16.2 Å². The zero-order valence-corrected chi connectivity index (χ0v) is 11.6. The summed E-state index contributed by atoms with van der Waals surface area (Å²) in [5, 5.41) is 9.52. The molecule has 1 aromatic heterocycles. The molecule has 0 atom stereocenters. The quantitative estimate of drug-likeness (QED) is 0.727. The molecule has 0 saturated carbocycles. The lowest BCUT2D eigenvalue weighted by molar-refractivity contribution is 0.00578. The summed E-state index contributed by atoms with van der Waals surface area (Å²) >= 11 is 5.91. The Labute approximate surface area is 112 Å². The van der Waals surface area contributed by atoms with E-state index in [0.29, 0.717) is 10.5 Å². The second-order valence-corrected chi connectivity index (χ2v) is 5.73. The van der Waals surface area contributed by atoms with Crippen molar-refractivity contribution < 1.29 is 9.31 Å². The SMILES string of the molecule is CC1(C)OB(c2cc(Cl)cnc2C#N)OC1(C)C. The van der Waals surface area contributed by atoms with Crippen LogP contribution < -0.4 is 5.46 Å². The number of pyridine rings is 1. The van der Waals surface area contributed by atoms with E-state index in [1.54, 1.807) is 6.07 Å². The maximum absolute atomic E-state index is 9.06. The first-order chi connectivity index (χ1) is 8.27. The van der Waals surface area contributed by atoms with E-state index in [-0.39, 0.29) is 5.69 Å². The first-order valence-electron chi connectivity index (χ1n) is 5.68. The zero-order valence-electron chi connectivity index (χ0n) is 10.8. The van der Waals surface area contributed by atoms with Crippen molar-refractivity contribution in [3.63, 3.8) is 0 Å². The number of halogens is 1. The van der Waals surface area contributed by atoms with Crippen LogP contribution in [0.4, 0.5) is 0 Å². The van der Waals surface area contributed by atoms with Gasteiger partial charge in [-0.25, -0.2) is 4.98 Å². The van der Waals surface area contributed by atoms with Crippen molar-refractivity contribution in [3.8, 4) is 6.07 Å². The van der Waals surface area contributed by atoms with Crippen LogP contribution >= 0.6 is 11.6 Å². The molecule has 0 bridgehead atoms. The summed E-state index contributed by atoms with van der Waals surface area (Å²) < 4.78 is 11.8. The van der Waals surface area contributed by atoms with E-state index in [1.807, 2.05) is 33.8 Å². The summed E-state index contributed by atoms with van der Waals surface area (Å²) in [5.41, 5.74) is -0.0547. The highest BCUT2D eigenvalue weighted by molar-refractivity contribution is 6.63. The van der Waals surface area contributed by atoms with Crippen LogP contribution in [0.2, 0.25) is 5.02 Å². The Morgan fingerprint density at radius 3 is 2.33 bits per heavy atom. The summed E-state index contributed by atoms with van der Waals surface area (Å²) in [6.07, 6.45) is 1.44. The van der Waals surface area contributed by atoms with E-state index >= 15 is 0 Å². The molecule has 1 fully saturated rings. The van der Waals surface area contributed by atoms with Crippen LogP contribution in [0.3, 0.4) is 0 Å². The average molecular weight is 265 g/mol. The van der Waals surface area contributed by atoms with Crippen molar-refractivity contribution in [2.24, 2.45) is 0 Å². The van der Waals surface area contributed by atoms with E-state index in [2.05, 4.69) is 4.98 Å². The molecule has 1 aromatic rings. The van der Waals surface area contributed by atoms with Gasteiger partial charge in [0.25, 0.3) is 0 Å². The standard InChI is InChI=1S/C12H14BClN2O2/c1-11(2)12(3,4)18-13(17-11)9-5-8(14)7-16-10(9)6-15/h5,7H,1-4H3. The van der Waals surface area contributed by atoms with E-state index in [0.717, 1.165) is 0 Å². The smallest absolute Gasteiger partial charge is 0.399 e. The van der Waals surface area contributed by atoms with Crippen LogP contribution in [0, 0.1) is 11.3 Å². The molecule has 0 radical (unpaired) electrons. The predicted octanol–water partition coefficient (Wildman–Crippen LogP) is 1.91. The third-order valence-corrected chi connectivity index (χ3v) is 3.70. The average Bonchev–Trinajstić information content (AvgIpc) is 2.48. The molecule has 1 aliphatic heterocycles. The van der Waals surface area contributed by atoms with Crippen molar-refractivity contribution in [2.45, 2.75) is 38.9 Å². The van der Waals surface area contributed by atoms with Crippen molar-refractivity contribution in [3.05, 3.63) is 23.0 Å². The highest BCUT2D eigenvalue weighted by Crippen LogP contribution is 2.36. The van der Waals surface area contributed by atoms with Crippen molar-refractivity contribution in [2.75, 3.05) is 0 Å².